The molecule has 0 aliphatic heterocycles. The number of hydrogen-bond acceptors (Lipinski definition) is 3. The molecule has 1 aromatic rings. The van der Waals surface area contributed by atoms with Crippen LogP contribution in [0.15, 0.2) is 18.2 Å². The fourth-order valence-corrected chi connectivity index (χ4v) is 2.61. The number of rotatable bonds is 5. The highest BCUT2D eigenvalue weighted by atomic mass is 16.5. The smallest absolute Gasteiger partial charge is 0.260 e. The van der Waals surface area contributed by atoms with Gasteiger partial charge in [0, 0.05) is 12.6 Å². The molecule has 0 saturated heterocycles. The Morgan fingerprint density at radius 1 is 1.43 bits per heavy atom. The molecule has 2 unspecified atom stereocenters. The largest absolute Gasteiger partial charge is 0.481 e. The summed E-state index contributed by atoms with van der Waals surface area (Å²) < 4.78 is 5.76. The van der Waals surface area contributed by atoms with E-state index in [1.54, 1.807) is 6.92 Å². The zero-order valence-corrected chi connectivity index (χ0v) is 13.2. The Kier molecular flexibility index (Phi) is 5.23. The maximum absolute atomic E-state index is 11.9. The van der Waals surface area contributed by atoms with Gasteiger partial charge in [-0.2, -0.15) is 0 Å². The van der Waals surface area contributed by atoms with Crippen LogP contribution in [0.3, 0.4) is 0 Å². The van der Waals surface area contributed by atoms with Crippen LogP contribution >= 0.6 is 0 Å². The highest BCUT2D eigenvalue weighted by molar-refractivity contribution is 5.80. The summed E-state index contributed by atoms with van der Waals surface area (Å²) in [7, 11) is 0. The monoisotopic (exact) mass is 290 g/mol. The Bertz CT molecular complexity index is 500. The second-order valence-electron chi connectivity index (χ2n) is 6.26. The summed E-state index contributed by atoms with van der Waals surface area (Å²) in [5.41, 5.74) is 8.57. The number of fused-ring (bicyclic) bond motifs is 1. The Balaban J connectivity index is 1.98. The van der Waals surface area contributed by atoms with E-state index < -0.39 is 6.10 Å². The van der Waals surface area contributed by atoms with E-state index in [1.165, 1.54) is 11.1 Å². The molecule has 3 N–H and O–H groups in total. The van der Waals surface area contributed by atoms with Crippen molar-refractivity contribution in [1.82, 2.24) is 5.32 Å². The van der Waals surface area contributed by atoms with Gasteiger partial charge >= 0.3 is 0 Å². The minimum absolute atomic E-state index is 0.0712. The van der Waals surface area contributed by atoms with Crippen LogP contribution in [0.5, 0.6) is 5.75 Å². The molecule has 4 nitrogen and oxygen atoms in total. The molecule has 0 fully saturated rings. The summed E-state index contributed by atoms with van der Waals surface area (Å²) in [5, 5.41) is 2.89. The molecule has 2 rings (SSSR count). The number of nitrogens with two attached hydrogens (primary N) is 1. The first-order valence-corrected chi connectivity index (χ1v) is 7.80. The summed E-state index contributed by atoms with van der Waals surface area (Å²) in [5.74, 6) is 1.11. The number of carbonyl (C=O) groups is 1. The molecule has 2 atom stereocenters. The average molecular weight is 290 g/mol. The molecule has 116 valence electrons. The second kappa shape index (κ2) is 6.94. The molecule has 0 heterocycles. The molecular formula is C17H26N2O2. The summed E-state index contributed by atoms with van der Waals surface area (Å²) in [6.45, 7) is 6.59. The Hall–Kier alpha value is -1.55. The van der Waals surface area contributed by atoms with Gasteiger partial charge in [-0.15, -0.1) is 0 Å². The van der Waals surface area contributed by atoms with Crippen LogP contribution in [0.4, 0.5) is 0 Å². The van der Waals surface area contributed by atoms with Crippen molar-refractivity contribution in [2.45, 2.75) is 52.2 Å². The van der Waals surface area contributed by atoms with Gasteiger partial charge in [-0.3, -0.25) is 4.79 Å². The van der Waals surface area contributed by atoms with Crippen molar-refractivity contribution in [3.8, 4) is 5.75 Å². The van der Waals surface area contributed by atoms with Crippen molar-refractivity contribution in [3.05, 3.63) is 29.3 Å². The van der Waals surface area contributed by atoms with Gasteiger partial charge in [-0.25, -0.2) is 0 Å². The zero-order chi connectivity index (χ0) is 15.4. The van der Waals surface area contributed by atoms with Gasteiger partial charge in [0.15, 0.2) is 6.10 Å². The molecule has 4 heteroatoms. The lowest BCUT2D eigenvalue weighted by atomic mass is 9.88. The minimum atomic E-state index is -0.487. The molecular weight excluding hydrogens is 264 g/mol. The van der Waals surface area contributed by atoms with Gasteiger partial charge in [-0.05, 0) is 55.4 Å². The zero-order valence-electron chi connectivity index (χ0n) is 13.2. The van der Waals surface area contributed by atoms with Crippen LogP contribution in [-0.4, -0.2) is 18.6 Å². The maximum Gasteiger partial charge on any atom is 0.260 e. The van der Waals surface area contributed by atoms with Crippen LogP contribution in [-0.2, 0) is 11.2 Å². The van der Waals surface area contributed by atoms with Crippen LogP contribution < -0.4 is 15.8 Å². The van der Waals surface area contributed by atoms with E-state index in [0.29, 0.717) is 12.5 Å². The van der Waals surface area contributed by atoms with Crippen LogP contribution in [0.1, 0.15) is 50.8 Å². The molecule has 0 saturated carbocycles. The molecule has 1 aliphatic carbocycles. The predicted molar refractivity (Wildman–Crippen MR) is 84.2 cm³/mol. The number of carbonyl (C=O) groups excluding carboxylic acids is 1. The van der Waals surface area contributed by atoms with Gasteiger partial charge in [-0.1, -0.05) is 19.9 Å². The third-order valence-corrected chi connectivity index (χ3v) is 3.84. The third-order valence-electron chi connectivity index (χ3n) is 3.84. The van der Waals surface area contributed by atoms with Crippen molar-refractivity contribution in [3.63, 3.8) is 0 Å². The first-order chi connectivity index (χ1) is 9.97. The molecule has 21 heavy (non-hydrogen) atoms. The van der Waals surface area contributed by atoms with E-state index in [0.717, 1.165) is 25.0 Å². The Labute approximate surface area is 127 Å². The Morgan fingerprint density at radius 3 is 2.90 bits per heavy atom. The molecule has 0 spiro atoms. The molecule has 0 aromatic heterocycles. The van der Waals surface area contributed by atoms with Crippen molar-refractivity contribution in [1.29, 1.82) is 0 Å². The molecule has 1 aliphatic rings. The van der Waals surface area contributed by atoms with Crippen LogP contribution in [0.2, 0.25) is 0 Å². The van der Waals surface area contributed by atoms with Gasteiger partial charge in [0.05, 0.1) is 0 Å². The normalized spacial score (nSPS) is 19.0. The lowest BCUT2D eigenvalue weighted by Gasteiger charge is -2.23. The van der Waals surface area contributed by atoms with E-state index in [9.17, 15) is 4.79 Å². The highest BCUT2D eigenvalue weighted by Gasteiger charge is 2.19. The summed E-state index contributed by atoms with van der Waals surface area (Å²) >= 11 is 0. The lowest BCUT2D eigenvalue weighted by Crippen LogP contribution is -2.38. The lowest BCUT2D eigenvalue weighted by molar-refractivity contribution is -0.127. The van der Waals surface area contributed by atoms with Crippen molar-refractivity contribution < 1.29 is 9.53 Å². The minimum Gasteiger partial charge on any atom is -0.481 e. The van der Waals surface area contributed by atoms with Gasteiger partial charge in [0.25, 0.3) is 5.91 Å². The van der Waals surface area contributed by atoms with Gasteiger partial charge in [0.1, 0.15) is 5.75 Å². The van der Waals surface area contributed by atoms with E-state index in [1.807, 2.05) is 18.2 Å². The predicted octanol–water partition coefficient (Wildman–Crippen LogP) is 2.56. The standard InChI is InChI=1S/C17H26N2O2/c1-11(2)10-19-17(20)12(3)21-14-7-8-15-13(9-14)5-4-6-16(15)18/h7-9,11-12,16H,4-6,10,18H2,1-3H3,(H,19,20). The third kappa shape index (κ3) is 4.21. The molecule has 1 aromatic carbocycles. The van der Waals surface area contributed by atoms with Crippen molar-refractivity contribution >= 4 is 5.91 Å². The van der Waals surface area contributed by atoms with Crippen LogP contribution in [0, 0.1) is 5.92 Å². The summed E-state index contributed by atoms with van der Waals surface area (Å²) in [6.07, 6.45) is 2.70. The second-order valence-corrected chi connectivity index (χ2v) is 6.26. The SMILES string of the molecule is CC(C)CNC(=O)C(C)Oc1ccc2c(c1)CCCC2N. The quantitative estimate of drug-likeness (QED) is 0.876. The average Bonchev–Trinajstić information content (AvgIpc) is 2.44. The first kappa shape index (κ1) is 15.8. The number of aryl methyl sites for hydroxylation is 1. The topological polar surface area (TPSA) is 64.3 Å². The molecule has 0 radical (unpaired) electrons. The van der Waals surface area contributed by atoms with E-state index in [2.05, 4.69) is 19.2 Å². The van der Waals surface area contributed by atoms with Crippen molar-refractivity contribution in [2.24, 2.45) is 11.7 Å². The van der Waals surface area contributed by atoms with Gasteiger partial charge < -0.3 is 15.8 Å². The van der Waals surface area contributed by atoms with E-state index in [4.69, 9.17) is 10.5 Å². The number of ether oxygens (including phenoxy) is 1. The van der Waals surface area contributed by atoms with E-state index >= 15 is 0 Å². The first-order valence-electron chi connectivity index (χ1n) is 7.80. The number of nitrogens with one attached hydrogen (secondary N) is 1. The summed E-state index contributed by atoms with van der Waals surface area (Å²) in [4.78, 5) is 11.9. The summed E-state index contributed by atoms with van der Waals surface area (Å²) in [6, 6.07) is 6.11. The van der Waals surface area contributed by atoms with E-state index in [-0.39, 0.29) is 11.9 Å². The Morgan fingerprint density at radius 2 is 2.19 bits per heavy atom. The fraction of sp³-hybridized carbons (Fsp3) is 0.588. The number of benzene rings is 1. The van der Waals surface area contributed by atoms with Gasteiger partial charge in [0.2, 0.25) is 0 Å². The fourth-order valence-electron chi connectivity index (χ4n) is 2.61. The number of hydrogen-bond donors (Lipinski definition) is 2. The maximum atomic E-state index is 11.9. The number of amides is 1. The molecule has 1 amide bonds. The van der Waals surface area contributed by atoms with Crippen molar-refractivity contribution in [2.75, 3.05) is 6.54 Å². The van der Waals surface area contributed by atoms with Crippen LogP contribution in [0.25, 0.3) is 0 Å². The molecule has 0 bridgehead atoms. The highest BCUT2D eigenvalue weighted by Crippen LogP contribution is 2.30.